The van der Waals surface area contributed by atoms with E-state index in [1.54, 1.807) is 69.7 Å². The predicted molar refractivity (Wildman–Crippen MR) is 188 cm³/mol. The van der Waals surface area contributed by atoms with E-state index >= 15 is 0 Å². The largest absolute Gasteiger partial charge is 0.497 e. The van der Waals surface area contributed by atoms with E-state index in [2.05, 4.69) is 20.9 Å². The van der Waals surface area contributed by atoms with Crippen molar-refractivity contribution in [2.45, 2.75) is 58.5 Å². The number of amides is 4. The lowest BCUT2D eigenvalue weighted by molar-refractivity contribution is -0.123. The summed E-state index contributed by atoms with van der Waals surface area (Å²) in [7, 11) is 3.14. The van der Waals surface area contributed by atoms with Gasteiger partial charge in [0.05, 0.1) is 20.8 Å². The lowest BCUT2D eigenvalue weighted by atomic mass is 10.00. The molecular formula is C38H45N5O7. The quantitative estimate of drug-likeness (QED) is 0.262. The minimum Gasteiger partial charge on any atom is -0.497 e. The molecule has 264 valence electrons. The highest BCUT2D eigenvalue weighted by molar-refractivity contribution is 5.99. The average molecular weight is 684 g/mol. The third-order valence-electron chi connectivity index (χ3n) is 8.62. The number of benzene rings is 3. The fourth-order valence-electron chi connectivity index (χ4n) is 6.19. The Morgan fingerprint density at radius 3 is 2.50 bits per heavy atom. The summed E-state index contributed by atoms with van der Waals surface area (Å²) in [6.45, 7) is 5.96. The van der Waals surface area contributed by atoms with Gasteiger partial charge in [-0.25, -0.2) is 4.98 Å². The van der Waals surface area contributed by atoms with Gasteiger partial charge in [-0.3, -0.25) is 19.2 Å². The number of fused-ring (bicyclic) bond motifs is 3. The summed E-state index contributed by atoms with van der Waals surface area (Å²) in [4.78, 5) is 61.0. The SMILES string of the molecule is COc1ccc(C[C@@H]2NC(=O)c3ccc(OC)c(c3)CCCNC(=O)CN(C(=O)c3ccc4nc(C)oc4c3)C[C@H](CC(C)C)NC2=O)cc1. The highest BCUT2D eigenvalue weighted by atomic mass is 16.5. The van der Waals surface area contributed by atoms with Gasteiger partial charge in [0.25, 0.3) is 11.8 Å². The topological polar surface area (TPSA) is 152 Å². The molecule has 0 saturated heterocycles. The average Bonchev–Trinajstić information content (AvgIpc) is 3.48. The molecule has 4 aromatic rings. The Balaban J connectivity index is 1.49. The maximum atomic E-state index is 14.1. The van der Waals surface area contributed by atoms with Crippen LogP contribution in [0.15, 0.2) is 65.1 Å². The van der Waals surface area contributed by atoms with Gasteiger partial charge in [-0.1, -0.05) is 26.0 Å². The molecule has 3 N–H and O–H groups in total. The lowest BCUT2D eigenvalue weighted by Gasteiger charge is -2.30. The second-order valence-corrected chi connectivity index (χ2v) is 13.0. The Labute approximate surface area is 291 Å². The fourth-order valence-corrected chi connectivity index (χ4v) is 6.19. The fraction of sp³-hybridized carbons (Fsp3) is 0.395. The Bertz CT molecular complexity index is 1840. The van der Waals surface area contributed by atoms with Crippen LogP contribution in [0.1, 0.15) is 64.4 Å². The first-order chi connectivity index (χ1) is 24.0. The van der Waals surface area contributed by atoms with Crippen LogP contribution in [0.3, 0.4) is 0 Å². The molecule has 1 aromatic heterocycles. The number of nitrogens with one attached hydrogen (secondary N) is 3. The molecule has 2 bridgehead atoms. The standard InChI is InChI=1S/C38H45N5O7/c1-23(2)17-29-21-43(38(47)28-10-14-31-34(20-28)50-24(3)40-31)22-35(44)39-16-6-7-26-19-27(11-15-33(26)49-5)36(45)42-32(37(46)41-29)18-25-8-12-30(48-4)13-9-25/h8-15,19-20,23,29,32H,6-7,16-18,21-22H2,1-5H3,(H,39,44)(H,41,46)(H,42,45)/t29-,32-/m0/s1. The van der Waals surface area contributed by atoms with Crippen molar-refractivity contribution in [1.29, 1.82) is 0 Å². The van der Waals surface area contributed by atoms with Crippen LogP contribution in [-0.4, -0.2) is 79.5 Å². The third-order valence-corrected chi connectivity index (χ3v) is 8.62. The highest BCUT2D eigenvalue weighted by Crippen LogP contribution is 2.23. The van der Waals surface area contributed by atoms with Crippen LogP contribution in [0.2, 0.25) is 0 Å². The number of ether oxygens (including phenoxy) is 2. The smallest absolute Gasteiger partial charge is 0.254 e. The van der Waals surface area contributed by atoms with Gasteiger partial charge in [-0.05, 0) is 84.8 Å². The minimum atomic E-state index is -0.948. The second-order valence-electron chi connectivity index (χ2n) is 13.0. The van der Waals surface area contributed by atoms with Crippen molar-refractivity contribution in [1.82, 2.24) is 25.8 Å². The molecule has 0 unspecified atom stereocenters. The number of nitrogens with zero attached hydrogens (tertiary/aromatic N) is 2. The third kappa shape index (κ3) is 9.19. The molecule has 2 atom stereocenters. The maximum absolute atomic E-state index is 14.1. The molecule has 12 heteroatoms. The van der Waals surface area contributed by atoms with Crippen LogP contribution in [0, 0.1) is 12.8 Å². The number of aryl methyl sites for hydroxylation is 2. The zero-order valence-electron chi connectivity index (χ0n) is 29.2. The highest BCUT2D eigenvalue weighted by Gasteiger charge is 2.29. The second kappa shape index (κ2) is 16.3. The number of methoxy groups -OCH3 is 2. The zero-order valence-corrected chi connectivity index (χ0v) is 29.2. The molecule has 3 aromatic carbocycles. The van der Waals surface area contributed by atoms with Crippen molar-refractivity contribution in [2.75, 3.05) is 33.9 Å². The molecule has 1 aliphatic heterocycles. The van der Waals surface area contributed by atoms with Crippen LogP contribution in [0.25, 0.3) is 11.1 Å². The van der Waals surface area contributed by atoms with Crippen molar-refractivity contribution in [3.63, 3.8) is 0 Å². The van der Waals surface area contributed by atoms with Crippen molar-refractivity contribution < 1.29 is 33.1 Å². The Morgan fingerprint density at radius 2 is 1.78 bits per heavy atom. The zero-order chi connectivity index (χ0) is 35.8. The molecule has 4 amide bonds. The van der Waals surface area contributed by atoms with Gasteiger partial charge in [0.15, 0.2) is 11.5 Å². The number of carbonyl (C=O) groups is 4. The number of hydrogen-bond acceptors (Lipinski definition) is 8. The van der Waals surface area contributed by atoms with Crippen molar-refractivity contribution in [3.05, 3.63) is 88.8 Å². The predicted octanol–water partition coefficient (Wildman–Crippen LogP) is 4.23. The molecule has 0 spiro atoms. The van der Waals surface area contributed by atoms with E-state index in [0.29, 0.717) is 65.4 Å². The van der Waals surface area contributed by atoms with Crippen molar-refractivity contribution in [2.24, 2.45) is 5.92 Å². The molecule has 0 saturated carbocycles. The molecule has 5 rings (SSSR count). The molecule has 2 heterocycles. The van der Waals surface area contributed by atoms with Gasteiger partial charge in [-0.2, -0.15) is 0 Å². The maximum Gasteiger partial charge on any atom is 0.254 e. The molecule has 0 aliphatic carbocycles. The van der Waals surface area contributed by atoms with Gasteiger partial charge < -0.3 is 34.7 Å². The molecule has 50 heavy (non-hydrogen) atoms. The Hall–Kier alpha value is -5.39. The van der Waals surface area contributed by atoms with Gasteiger partial charge >= 0.3 is 0 Å². The summed E-state index contributed by atoms with van der Waals surface area (Å²) >= 11 is 0. The van der Waals surface area contributed by atoms with Gasteiger partial charge in [0.2, 0.25) is 11.8 Å². The first kappa shape index (κ1) is 35.9. The number of carbonyl (C=O) groups excluding carboxylic acids is 4. The summed E-state index contributed by atoms with van der Waals surface area (Å²) < 4.78 is 16.5. The van der Waals surface area contributed by atoms with E-state index in [4.69, 9.17) is 13.9 Å². The number of hydrogen-bond donors (Lipinski definition) is 3. The summed E-state index contributed by atoms with van der Waals surface area (Å²) in [5.41, 5.74) is 3.42. The van der Waals surface area contributed by atoms with Gasteiger partial charge in [0.1, 0.15) is 23.1 Å². The van der Waals surface area contributed by atoms with E-state index in [0.717, 1.165) is 11.1 Å². The van der Waals surface area contributed by atoms with Crippen molar-refractivity contribution in [3.8, 4) is 11.5 Å². The van der Waals surface area contributed by atoms with E-state index in [1.807, 2.05) is 26.0 Å². The van der Waals surface area contributed by atoms with Gasteiger partial charge in [-0.15, -0.1) is 0 Å². The Morgan fingerprint density at radius 1 is 1.00 bits per heavy atom. The monoisotopic (exact) mass is 683 g/mol. The molecule has 12 nitrogen and oxygen atoms in total. The number of aromatic nitrogens is 1. The van der Waals surface area contributed by atoms with Gasteiger partial charge in [0, 0.05) is 43.6 Å². The van der Waals surface area contributed by atoms with E-state index < -0.39 is 23.9 Å². The van der Waals surface area contributed by atoms with Crippen LogP contribution < -0.4 is 25.4 Å². The molecule has 1 aliphatic rings. The van der Waals surface area contributed by atoms with Crippen LogP contribution in [-0.2, 0) is 22.4 Å². The first-order valence-corrected chi connectivity index (χ1v) is 16.9. The van der Waals surface area contributed by atoms with E-state index in [-0.39, 0.29) is 37.2 Å². The summed E-state index contributed by atoms with van der Waals surface area (Å²) in [6.07, 6.45) is 1.82. The minimum absolute atomic E-state index is 0.0603. The van der Waals surface area contributed by atoms with Crippen molar-refractivity contribution >= 4 is 34.7 Å². The van der Waals surface area contributed by atoms with Crippen LogP contribution >= 0.6 is 0 Å². The number of oxazole rings is 1. The normalized spacial score (nSPS) is 17.9. The summed E-state index contributed by atoms with van der Waals surface area (Å²) in [5.74, 6) is 0.371. The summed E-state index contributed by atoms with van der Waals surface area (Å²) in [6, 6.07) is 16.0. The number of rotatable bonds is 7. The van der Waals surface area contributed by atoms with Crippen LogP contribution in [0.4, 0.5) is 0 Å². The molecule has 0 fully saturated rings. The Kier molecular flexibility index (Phi) is 11.7. The van der Waals surface area contributed by atoms with E-state index in [1.165, 1.54) is 4.90 Å². The summed E-state index contributed by atoms with van der Waals surface area (Å²) in [5, 5.41) is 9.00. The van der Waals surface area contributed by atoms with Crippen LogP contribution in [0.5, 0.6) is 11.5 Å². The first-order valence-electron chi connectivity index (χ1n) is 16.9. The molecular weight excluding hydrogens is 638 g/mol. The lowest BCUT2D eigenvalue weighted by Crippen LogP contribution is -2.54. The van der Waals surface area contributed by atoms with E-state index in [9.17, 15) is 19.2 Å². The molecule has 0 radical (unpaired) electrons.